The summed E-state index contributed by atoms with van der Waals surface area (Å²) in [4.78, 5) is 6.84. The fourth-order valence-electron chi connectivity index (χ4n) is 3.71. The van der Waals surface area contributed by atoms with Crippen LogP contribution in [0.3, 0.4) is 0 Å². The Morgan fingerprint density at radius 2 is 2.25 bits per heavy atom. The zero-order valence-electron chi connectivity index (χ0n) is 13.8. The molecule has 2 saturated heterocycles. The van der Waals surface area contributed by atoms with E-state index in [9.17, 15) is 0 Å². The van der Waals surface area contributed by atoms with Crippen molar-refractivity contribution in [2.75, 3.05) is 13.2 Å². The van der Waals surface area contributed by atoms with Gasteiger partial charge in [0.25, 0.3) is 0 Å². The van der Waals surface area contributed by atoms with E-state index in [0.29, 0.717) is 0 Å². The van der Waals surface area contributed by atoms with E-state index in [1.807, 2.05) is 18.3 Å². The van der Waals surface area contributed by atoms with E-state index in [4.69, 9.17) is 17.0 Å². The largest absolute Gasteiger partial charge is 0.376 e. The number of thiocarbonyl (C=S) groups is 1. The Labute approximate surface area is 147 Å². The van der Waals surface area contributed by atoms with Gasteiger partial charge in [-0.1, -0.05) is 6.07 Å². The number of pyridine rings is 1. The van der Waals surface area contributed by atoms with Crippen LogP contribution in [0, 0.1) is 0 Å². The van der Waals surface area contributed by atoms with Gasteiger partial charge >= 0.3 is 0 Å². The van der Waals surface area contributed by atoms with Gasteiger partial charge in [0.1, 0.15) is 0 Å². The number of ether oxygens (including phenoxy) is 1. The molecule has 0 saturated carbocycles. The molecule has 2 aromatic rings. The lowest BCUT2D eigenvalue weighted by atomic mass is 10.0. The lowest BCUT2D eigenvalue weighted by molar-refractivity contribution is 0.0835. The molecule has 5 nitrogen and oxygen atoms in total. The summed E-state index contributed by atoms with van der Waals surface area (Å²) in [5.74, 6) is 0. The van der Waals surface area contributed by atoms with Gasteiger partial charge < -0.3 is 19.5 Å². The van der Waals surface area contributed by atoms with Crippen molar-refractivity contribution in [2.24, 2.45) is 7.05 Å². The third kappa shape index (κ3) is 2.80. The first-order chi connectivity index (χ1) is 11.7. The highest BCUT2D eigenvalue weighted by Crippen LogP contribution is 2.39. The number of aromatic nitrogens is 2. The van der Waals surface area contributed by atoms with Crippen molar-refractivity contribution in [1.82, 2.24) is 19.8 Å². The highest BCUT2D eigenvalue weighted by Gasteiger charge is 2.41. The minimum atomic E-state index is 0.0497. The van der Waals surface area contributed by atoms with Crippen molar-refractivity contribution >= 4 is 17.3 Å². The fourth-order valence-corrected chi connectivity index (χ4v) is 4.03. The summed E-state index contributed by atoms with van der Waals surface area (Å²) in [6, 6.07) is 10.4. The van der Waals surface area contributed by atoms with E-state index in [1.54, 1.807) is 0 Å². The highest BCUT2D eigenvalue weighted by atomic mass is 32.1. The van der Waals surface area contributed by atoms with Gasteiger partial charge in [0.2, 0.25) is 0 Å². The molecule has 6 heteroatoms. The minimum absolute atomic E-state index is 0.0497. The molecule has 0 aromatic carbocycles. The molecular weight excluding hydrogens is 320 g/mol. The van der Waals surface area contributed by atoms with Gasteiger partial charge in [-0.05, 0) is 49.3 Å². The summed E-state index contributed by atoms with van der Waals surface area (Å²) in [7, 11) is 2.08. The molecule has 0 unspecified atom stereocenters. The summed E-state index contributed by atoms with van der Waals surface area (Å²) < 4.78 is 8.01. The molecule has 24 heavy (non-hydrogen) atoms. The Hall–Kier alpha value is -1.92. The monoisotopic (exact) mass is 342 g/mol. The molecule has 4 rings (SSSR count). The molecule has 0 bridgehead atoms. The predicted molar refractivity (Wildman–Crippen MR) is 96.5 cm³/mol. The van der Waals surface area contributed by atoms with Gasteiger partial charge in [-0.25, -0.2) is 0 Å². The second-order valence-electron chi connectivity index (χ2n) is 6.46. The van der Waals surface area contributed by atoms with Crippen LogP contribution in [-0.2, 0) is 11.8 Å². The van der Waals surface area contributed by atoms with E-state index >= 15 is 0 Å². The summed E-state index contributed by atoms with van der Waals surface area (Å²) in [6.07, 6.45) is 6.42. The van der Waals surface area contributed by atoms with E-state index in [1.165, 1.54) is 5.69 Å². The molecule has 0 spiro atoms. The summed E-state index contributed by atoms with van der Waals surface area (Å²) in [5, 5.41) is 4.27. The van der Waals surface area contributed by atoms with Crippen LogP contribution in [0.5, 0.6) is 0 Å². The van der Waals surface area contributed by atoms with Crippen LogP contribution in [0.1, 0.15) is 36.3 Å². The van der Waals surface area contributed by atoms with Crippen molar-refractivity contribution in [3.8, 4) is 0 Å². The van der Waals surface area contributed by atoms with Crippen LogP contribution >= 0.6 is 12.2 Å². The van der Waals surface area contributed by atoms with Gasteiger partial charge in [0.15, 0.2) is 5.11 Å². The van der Waals surface area contributed by atoms with Crippen LogP contribution in [-0.4, -0.2) is 38.8 Å². The zero-order valence-corrected chi connectivity index (χ0v) is 14.6. The number of hydrogen-bond acceptors (Lipinski definition) is 3. The SMILES string of the molecule is Cn1cccc1[C@@H]1[C@H](c2ccccn2)NC(=S)N1C[C@H]1CCCO1. The van der Waals surface area contributed by atoms with Crippen molar-refractivity contribution in [3.05, 3.63) is 54.1 Å². The van der Waals surface area contributed by atoms with E-state index in [-0.39, 0.29) is 18.2 Å². The summed E-state index contributed by atoms with van der Waals surface area (Å²) in [6.45, 7) is 1.68. The van der Waals surface area contributed by atoms with E-state index in [0.717, 1.165) is 36.8 Å². The average Bonchev–Trinajstić information content (AvgIpc) is 3.31. The number of aryl methyl sites for hydroxylation is 1. The summed E-state index contributed by atoms with van der Waals surface area (Å²) >= 11 is 5.67. The molecule has 2 fully saturated rings. The number of nitrogens with zero attached hydrogens (tertiary/aromatic N) is 3. The zero-order chi connectivity index (χ0) is 16.5. The molecule has 126 valence electrons. The van der Waals surface area contributed by atoms with Crippen molar-refractivity contribution in [1.29, 1.82) is 0 Å². The first kappa shape index (κ1) is 15.6. The second-order valence-corrected chi connectivity index (χ2v) is 6.84. The molecule has 2 aliphatic rings. The molecule has 3 atom stereocenters. The second kappa shape index (κ2) is 6.53. The number of rotatable bonds is 4. The predicted octanol–water partition coefficient (Wildman–Crippen LogP) is 2.57. The minimum Gasteiger partial charge on any atom is -0.376 e. The smallest absolute Gasteiger partial charge is 0.170 e. The van der Waals surface area contributed by atoms with Crippen LogP contribution in [0.15, 0.2) is 42.7 Å². The van der Waals surface area contributed by atoms with E-state index < -0.39 is 0 Å². The maximum absolute atomic E-state index is 5.85. The number of nitrogens with one attached hydrogen (secondary N) is 1. The lowest BCUT2D eigenvalue weighted by Gasteiger charge is -2.30. The lowest BCUT2D eigenvalue weighted by Crippen LogP contribution is -2.36. The third-order valence-electron chi connectivity index (χ3n) is 4.91. The van der Waals surface area contributed by atoms with Crippen molar-refractivity contribution < 1.29 is 4.74 Å². The molecule has 0 aliphatic carbocycles. The first-order valence-electron chi connectivity index (χ1n) is 8.45. The molecule has 0 amide bonds. The van der Waals surface area contributed by atoms with Gasteiger partial charge in [-0.3, -0.25) is 4.98 Å². The topological polar surface area (TPSA) is 42.3 Å². The Morgan fingerprint density at radius 1 is 1.33 bits per heavy atom. The Bertz CT molecular complexity index is 711. The third-order valence-corrected chi connectivity index (χ3v) is 5.26. The molecule has 2 aromatic heterocycles. The summed E-state index contributed by atoms with van der Waals surface area (Å²) in [5.41, 5.74) is 2.25. The number of hydrogen-bond donors (Lipinski definition) is 1. The molecule has 2 aliphatic heterocycles. The average molecular weight is 342 g/mol. The standard InChI is InChI=1S/C18H22N4OS/c1-21-10-4-8-15(21)17-16(14-7-2-3-9-19-14)20-18(24)22(17)12-13-6-5-11-23-13/h2-4,7-10,13,16-17H,5-6,11-12H2,1H3,(H,20,24)/t13-,16+,17-/m1/s1. The Morgan fingerprint density at radius 3 is 2.92 bits per heavy atom. The Balaban J connectivity index is 1.69. The van der Waals surface area contributed by atoms with Gasteiger partial charge in [-0.2, -0.15) is 0 Å². The molecule has 0 radical (unpaired) electrons. The normalized spacial score (nSPS) is 26.8. The van der Waals surface area contributed by atoms with Crippen molar-refractivity contribution in [2.45, 2.75) is 31.0 Å². The van der Waals surface area contributed by atoms with Crippen LogP contribution in [0.2, 0.25) is 0 Å². The quantitative estimate of drug-likeness (QED) is 0.865. The maximum Gasteiger partial charge on any atom is 0.170 e. The molecule has 1 N–H and O–H groups in total. The van der Waals surface area contributed by atoms with Gasteiger partial charge in [-0.15, -0.1) is 0 Å². The fraction of sp³-hybridized carbons (Fsp3) is 0.444. The van der Waals surface area contributed by atoms with Gasteiger partial charge in [0.05, 0.1) is 23.9 Å². The first-order valence-corrected chi connectivity index (χ1v) is 8.86. The highest BCUT2D eigenvalue weighted by molar-refractivity contribution is 7.80. The van der Waals surface area contributed by atoms with E-state index in [2.05, 4.69) is 51.2 Å². The maximum atomic E-state index is 5.85. The molecular formula is C18H22N4OS. The van der Waals surface area contributed by atoms with Crippen LogP contribution < -0.4 is 5.32 Å². The van der Waals surface area contributed by atoms with Crippen LogP contribution in [0.25, 0.3) is 0 Å². The van der Waals surface area contributed by atoms with Gasteiger partial charge in [0, 0.05) is 38.3 Å². The molecule has 4 heterocycles. The van der Waals surface area contributed by atoms with Crippen molar-refractivity contribution in [3.63, 3.8) is 0 Å². The van der Waals surface area contributed by atoms with Crippen LogP contribution in [0.4, 0.5) is 0 Å². The Kier molecular flexibility index (Phi) is 4.24.